The van der Waals surface area contributed by atoms with Crippen LogP contribution in [-0.4, -0.2) is 77.3 Å². The van der Waals surface area contributed by atoms with Gasteiger partial charge in [0.2, 0.25) is 17.7 Å². The molecule has 1 aromatic carbocycles. The van der Waals surface area contributed by atoms with Gasteiger partial charge in [0.05, 0.1) is 12.3 Å². The number of piperidine rings is 1. The number of rotatable bonds is 4. The fourth-order valence-electron chi connectivity index (χ4n) is 3.67. The number of nitrogens with zero attached hydrogens (tertiary/aromatic N) is 3. The van der Waals surface area contributed by atoms with E-state index in [-0.39, 0.29) is 48.4 Å². The summed E-state index contributed by atoms with van der Waals surface area (Å²) in [4.78, 5) is 42.4. The molecule has 140 valence electrons. The van der Waals surface area contributed by atoms with E-state index in [0.29, 0.717) is 18.7 Å². The number of amides is 3. The Balaban J connectivity index is 1.72. The molecule has 0 unspecified atom stereocenters. The lowest BCUT2D eigenvalue weighted by molar-refractivity contribution is -0.145. The molecule has 1 aromatic rings. The molecule has 3 fully saturated rings. The van der Waals surface area contributed by atoms with Gasteiger partial charge in [0, 0.05) is 38.8 Å². The van der Waals surface area contributed by atoms with Gasteiger partial charge in [-0.1, -0.05) is 18.2 Å². The molecule has 3 saturated heterocycles. The van der Waals surface area contributed by atoms with Crippen molar-refractivity contribution in [3.8, 4) is 5.75 Å². The van der Waals surface area contributed by atoms with Crippen LogP contribution in [0.2, 0.25) is 0 Å². The Kier molecular flexibility index (Phi) is 5.15. The predicted octanol–water partition coefficient (Wildman–Crippen LogP) is 0.472. The van der Waals surface area contributed by atoms with Crippen molar-refractivity contribution in [1.29, 1.82) is 0 Å². The first-order chi connectivity index (χ1) is 12.4. The van der Waals surface area contributed by atoms with E-state index < -0.39 is 0 Å². The SMILES string of the molecule is CN(C)C(=O)CN1C(=O)[C@H]2CC[C@@H]1CN(C(=O)Cc1ccccc1O)C2. The molecular weight excluding hydrogens is 334 g/mol. The Morgan fingerprint density at radius 3 is 2.62 bits per heavy atom. The molecule has 3 aliphatic rings. The molecule has 0 aromatic heterocycles. The summed E-state index contributed by atoms with van der Waals surface area (Å²) in [7, 11) is 3.34. The minimum absolute atomic E-state index is 0.0330. The third-order valence-corrected chi connectivity index (χ3v) is 5.28. The van der Waals surface area contributed by atoms with Gasteiger partial charge in [-0.3, -0.25) is 14.4 Å². The van der Waals surface area contributed by atoms with Gasteiger partial charge in [0.15, 0.2) is 0 Å². The first kappa shape index (κ1) is 18.2. The lowest BCUT2D eigenvalue weighted by Gasteiger charge is -2.35. The van der Waals surface area contributed by atoms with Gasteiger partial charge in [-0.05, 0) is 18.9 Å². The van der Waals surface area contributed by atoms with Gasteiger partial charge < -0.3 is 19.8 Å². The topological polar surface area (TPSA) is 81.2 Å². The van der Waals surface area contributed by atoms with Crippen LogP contribution >= 0.6 is 0 Å². The second-order valence-corrected chi connectivity index (χ2v) is 7.29. The van der Waals surface area contributed by atoms with Gasteiger partial charge in [-0.2, -0.15) is 0 Å². The van der Waals surface area contributed by atoms with Crippen molar-refractivity contribution < 1.29 is 19.5 Å². The number of likely N-dealkylation sites (N-methyl/N-ethyl adjacent to an activating group) is 1. The highest BCUT2D eigenvalue weighted by atomic mass is 16.3. The molecule has 0 saturated carbocycles. The fourth-order valence-corrected chi connectivity index (χ4v) is 3.67. The van der Waals surface area contributed by atoms with E-state index in [1.165, 1.54) is 4.90 Å². The molecule has 3 heterocycles. The zero-order chi connectivity index (χ0) is 18.8. The van der Waals surface area contributed by atoms with Crippen molar-refractivity contribution in [3.05, 3.63) is 29.8 Å². The van der Waals surface area contributed by atoms with Gasteiger partial charge in [-0.25, -0.2) is 0 Å². The second kappa shape index (κ2) is 7.35. The summed E-state index contributed by atoms with van der Waals surface area (Å²) in [5, 5.41) is 9.89. The van der Waals surface area contributed by atoms with E-state index in [1.54, 1.807) is 48.2 Å². The number of phenols is 1. The number of carbonyl (C=O) groups is 3. The van der Waals surface area contributed by atoms with Crippen molar-refractivity contribution in [1.82, 2.24) is 14.7 Å². The third kappa shape index (κ3) is 3.66. The average molecular weight is 359 g/mol. The van der Waals surface area contributed by atoms with E-state index in [9.17, 15) is 19.5 Å². The predicted molar refractivity (Wildman–Crippen MR) is 95.3 cm³/mol. The van der Waals surface area contributed by atoms with E-state index in [0.717, 1.165) is 12.8 Å². The Labute approximate surface area is 153 Å². The van der Waals surface area contributed by atoms with Gasteiger partial charge in [0.1, 0.15) is 12.3 Å². The quantitative estimate of drug-likeness (QED) is 0.848. The highest BCUT2D eigenvalue weighted by Crippen LogP contribution is 2.29. The lowest BCUT2D eigenvalue weighted by atomic mass is 9.94. The molecule has 26 heavy (non-hydrogen) atoms. The Bertz CT molecular complexity index is 718. The minimum Gasteiger partial charge on any atom is -0.508 e. The average Bonchev–Trinajstić information content (AvgIpc) is 2.89. The maximum absolute atomic E-state index is 12.7. The van der Waals surface area contributed by atoms with Crippen molar-refractivity contribution in [3.63, 3.8) is 0 Å². The van der Waals surface area contributed by atoms with Crippen LogP contribution in [0, 0.1) is 5.92 Å². The molecule has 7 heteroatoms. The number of phenolic OH excluding ortho intramolecular Hbond substituents is 1. The fraction of sp³-hybridized carbons (Fsp3) is 0.526. The number of aromatic hydroxyl groups is 1. The van der Waals surface area contributed by atoms with Crippen molar-refractivity contribution in [2.24, 2.45) is 5.92 Å². The zero-order valence-electron chi connectivity index (χ0n) is 15.2. The van der Waals surface area contributed by atoms with Crippen LogP contribution in [0.25, 0.3) is 0 Å². The lowest BCUT2D eigenvalue weighted by Crippen LogP contribution is -2.51. The largest absolute Gasteiger partial charge is 0.508 e. The first-order valence-corrected chi connectivity index (χ1v) is 8.92. The smallest absolute Gasteiger partial charge is 0.241 e. The maximum Gasteiger partial charge on any atom is 0.241 e. The summed E-state index contributed by atoms with van der Waals surface area (Å²) in [5.41, 5.74) is 0.583. The molecule has 0 aliphatic carbocycles. The molecule has 1 N–H and O–H groups in total. The molecule has 4 rings (SSSR count). The van der Waals surface area contributed by atoms with Crippen molar-refractivity contribution in [2.75, 3.05) is 33.7 Å². The highest BCUT2D eigenvalue weighted by molar-refractivity contribution is 5.88. The molecule has 3 aliphatic heterocycles. The minimum atomic E-state index is -0.253. The number of carbonyl (C=O) groups excluding carboxylic acids is 3. The van der Waals surface area contributed by atoms with Crippen LogP contribution in [0.4, 0.5) is 0 Å². The highest BCUT2D eigenvalue weighted by Gasteiger charge is 2.42. The molecule has 2 atom stereocenters. The van der Waals surface area contributed by atoms with Crippen LogP contribution in [0.15, 0.2) is 24.3 Å². The Hall–Kier alpha value is -2.57. The second-order valence-electron chi connectivity index (χ2n) is 7.29. The van der Waals surface area contributed by atoms with Gasteiger partial charge >= 0.3 is 0 Å². The number of benzene rings is 1. The Morgan fingerprint density at radius 2 is 1.92 bits per heavy atom. The Morgan fingerprint density at radius 1 is 1.19 bits per heavy atom. The van der Waals surface area contributed by atoms with Crippen LogP contribution in [-0.2, 0) is 20.8 Å². The monoisotopic (exact) mass is 359 g/mol. The normalized spacial score (nSPS) is 22.3. The summed E-state index contributed by atoms with van der Waals surface area (Å²) >= 11 is 0. The van der Waals surface area contributed by atoms with Gasteiger partial charge in [0.25, 0.3) is 0 Å². The van der Waals surface area contributed by atoms with E-state index in [2.05, 4.69) is 0 Å². The van der Waals surface area contributed by atoms with E-state index in [4.69, 9.17) is 0 Å². The summed E-state index contributed by atoms with van der Waals surface area (Å²) in [6.45, 7) is 0.887. The summed E-state index contributed by atoms with van der Waals surface area (Å²) in [6, 6.07) is 6.67. The number of hydrogen-bond donors (Lipinski definition) is 1. The molecule has 2 bridgehead atoms. The number of fused-ring (bicyclic) bond motifs is 4. The van der Waals surface area contributed by atoms with E-state index >= 15 is 0 Å². The molecule has 0 spiro atoms. The third-order valence-electron chi connectivity index (χ3n) is 5.28. The van der Waals surface area contributed by atoms with Gasteiger partial charge in [-0.15, -0.1) is 0 Å². The molecule has 7 nitrogen and oxygen atoms in total. The van der Waals surface area contributed by atoms with Crippen molar-refractivity contribution in [2.45, 2.75) is 25.3 Å². The van der Waals surface area contributed by atoms with Crippen LogP contribution in [0.1, 0.15) is 18.4 Å². The van der Waals surface area contributed by atoms with E-state index in [1.807, 2.05) is 0 Å². The number of hydrogen-bond acceptors (Lipinski definition) is 4. The zero-order valence-corrected chi connectivity index (χ0v) is 15.2. The number of para-hydroxylation sites is 1. The van der Waals surface area contributed by atoms with Crippen LogP contribution < -0.4 is 0 Å². The van der Waals surface area contributed by atoms with Crippen LogP contribution in [0.3, 0.4) is 0 Å². The molecular formula is C19H25N3O4. The molecule has 3 amide bonds. The van der Waals surface area contributed by atoms with Crippen molar-refractivity contribution >= 4 is 17.7 Å². The summed E-state index contributed by atoms with van der Waals surface area (Å²) in [5.74, 6) is -0.394. The molecule has 0 radical (unpaired) electrons. The standard InChI is InChI=1S/C19H25N3O4/c1-20(2)18(25)12-22-15-8-7-14(19(22)26)10-21(11-15)17(24)9-13-5-3-4-6-16(13)23/h3-6,14-15,23H,7-12H2,1-2H3/t14-,15+/m0/s1. The van der Waals surface area contributed by atoms with Crippen LogP contribution in [0.5, 0.6) is 5.75 Å². The first-order valence-electron chi connectivity index (χ1n) is 8.92. The summed E-state index contributed by atoms with van der Waals surface area (Å²) < 4.78 is 0. The summed E-state index contributed by atoms with van der Waals surface area (Å²) in [6.07, 6.45) is 1.66. The maximum atomic E-state index is 12.7.